The van der Waals surface area contributed by atoms with Gasteiger partial charge in [0.1, 0.15) is 0 Å². The third-order valence-corrected chi connectivity index (χ3v) is 5.34. The number of rotatable bonds is 5. The average Bonchev–Trinajstić information content (AvgIpc) is 3.15. The number of hydrogen-bond acceptors (Lipinski definition) is 2. The van der Waals surface area contributed by atoms with Crippen molar-refractivity contribution in [1.82, 2.24) is 15.1 Å². The SMILES string of the molecule is CCNC(=NCC(CC)N1CCc2ccccc2C1)N1CCCC1. The Kier molecular flexibility index (Phi) is 6.13. The predicted molar refractivity (Wildman–Crippen MR) is 101 cm³/mol. The van der Waals surface area contributed by atoms with Crippen molar-refractivity contribution in [2.24, 2.45) is 4.99 Å². The van der Waals surface area contributed by atoms with E-state index >= 15 is 0 Å². The van der Waals surface area contributed by atoms with Crippen LogP contribution in [0.5, 0.6) is 0 Å². The molecule has 24 heavy (non-hydrogen) atoms. The van der Waals surface area contributed by atoms with Gasteiger partial charge >= 0.3 is 0 Å². The molecule has 4 nitrogen and oxygen atoms in total. The van der Waals surface area contributed by atoms with Gasteiger partial charge in [-0.2, -0.15) is 0 Å². The van der Waals surface area contributed by atoms with E-state index in [2.05, 4.69) is 53.2 Å². The second-order valence-electron chi connectivity index (χ2n) is 6.94. The molecule has 4 heteroatoms. The van der Waals surface area contributed by atoms with Crippen LogP contribution in [-0.2, 0) is 13.0 Å². The largest absolute Gasteiger partial charge is 0.357 e. The van der Waals surface area contributed by atoms with Crippen LogP contribution in [0.15, 0.2) is 29.3 Å². The van der Waals surface area contributed by atoms with Crippen LogP contribution in [-0.4, -0.2) is 54.5 Å². The molecule has 1 atom stereocenters. The summed E-state index contributed by atoms with van der Waals surface area (Å²) >= 11 is 0. The van der Waals surface area contributed by atoms with Gasteiger partial charge in [0.2, 0.25) is 0 Å². The minimum Gasteiger partial charge on any atom is -0.357 e. The van der Waals surface area contributed by atoms with Crippen molar-refractivity contribution in [1.29, 1.82) is 0 Å². The Hall–Kier alpha value is -1.55. The highest BCUT2D eigenvalue weighted by Gasteiger charge is 2.23. The van der Waals surface area contributed by atoms with Crippen molar-refractivity contribution in [2.45, 2.75) is 52.1 Å². The lowest BCUT2D eigenvalue weighted by molar-refractivity contribution is 0.178. The van der Waals surface area contributed by atoms with Crippen LogP contribution in [0.3, 0.4) is 0 Å². The van der Waals surface area contributed by atoms with Gasteiger partial charge in [0.15, 0.2) is 5.96 Å². The van der Waals surface area contributed by atoms with E-state index < -0.39 is 0 Å². The van der Waals surface area contributed by atoms with Gasteiger partial charge in [-0.3, -0.25) is 9.89 Å². The summed E-state index contributed by atoms with van der Waals surface area (Å²) in [6.45, 7) is 10.8. The van der Waals surface area contributed by atoms with Crippen molar-refractivity contribution in [3.05, 3.63) is 35.4 Å². The number of nitrogens with one attached hydrogen (secondary N) is 1. The maximum absolute atomic E-state index is 4.99. The van der Waals surface area contributed by atoms with Crippen LogP contribution in [0.4, 0.5) is 0 Å². The Morgan fingerprint density at radius 3 is 2.58 bits per heavy atom. The van der Waals surface area contributed by atoms with E-state index in [0.29, 0.717) is 6.04 Å². The first-order valence-electron chi connectivity index (χ1n) is 9.66. The highest BCUT2D eigenvalue weighted by molar-refractivity contribution is 5.80. The van der Waals surface area contributed by atoms with E-state index in [1.165, 1.54) is 30.4 Å². The van der Waals surface area contributed by atoms with Gasteiger partial charge in [-0.1, -0.05) is 31.2 Å². The van der Waals surface area contributed by atoms with Crippen molar-refractivity contribution in [3.8, 4) is 0 Å². The van der Waals surface area contributed by atoms with Crippen LogP contribution in [0.2, 0.25) is 0 Å². The third kappa shape index (κ3) is 4.10. The lowest BCUT2D eigenvalue weighted by Gasteiger charge is -2.34. The predicted octanol–water partition coefficient (Wildman–Crippen LogP) is 2.88. The molecule has 1 aromatic rings. The third-order valence-electron chi connectivity index (χ3n) is 5.34. The maximum Gasteiger partial charge on any atom is 0.193 e. The van der Waals surface area contributed by atoms with Crippen molar-refractivity contribution in [2.75, 3.05) is 32.7 Å². The number of guanidine groups is 1. The summed E-state index contributed by atoms with van der Waals surface area (Å²) in [6, 6.07) is 9.43. The van der Waals surface area contributed by atoms with Gasteiger partial charge < -0.3 is 10.2 Å². The summed E-state index contributed by atoms with van der Waals surface area (Å²) < 4.78 is 0. The van der Waals surface area contributed by atoms with E-state index in [1.807, 2.05) is 0 Å². The monoisotopic (exact) mass is 328 g/mol. The summed E-state index contributed by atoms with van der Waals surface area (Å²) in [4.78, 5) is 10.0. The number of fused-ring (bicyclic) bond motifs is 1. The highest BCUT2D eigenvalue weighted by Crippen LogP contribution is 2.21. The topological polar surface area (TPSA) is 30.9 Å². The normalized spacial score (nSPS) is 20.1. The molecule has 1 saturated heterocycles. The van der Waals surface area contributed by atoms with E-state index in [-0.39, 0.29) is 0 Å². The number of hydrogen-bond donors (Lipinski definition) is 1. The molecule has 1 N–H and O–H groups in total. The molecule has 1 unspecified atom stereocenters. The first-order chi connectivity index (χ1) is 11.8. The molecule has 0 radical (unpaired) electrons. The first-order valence-corrected chi connectivity index (χ1v) is 9.66. The van der Waals surface area contributed by atoms with Crippen LogP contribution in [0, 0.1) is 0 Å². The number of nitrogens with zero attached hydrogens (tertiary/aromatic N) is 3. The van der Waals surface area contributed by atoms with Crippen LogP contribution < -0.4 is 5.32 Å². The van der Waals surface area contributed by atoms with E-state index in [4.69, 9.17) is 4.99 Å². The molecule has 0 amide bonds. The van der Waals surface area contributed by atoms with Gasteiger partial charge in [-0.25, -0.2) is 0 Å². The Morgan fingerprint density at radius 1 is 1.12 bits per heavy atom. The van der Waals surface area contributed by atoms with Crippen LogP contribution >= 0.6 is 0 Å². The number of likely N-dealkylation sites (tertiary alicyclic amines) is 1. The molecule has 3 rings (SSSR count). The molecular formula is C20H32N4. The Balaban J connectivity index is 1.64. The molecule has 1 aromatic carbocycles. The summed E-state index contributed by atoms with van der Waals surface area (Å²) in [7, 11) is 0. The molecule has 0 bridgehead atoms. The maximum atomic E-state index is 4.99. The van der Waals surface area contributed by atoms with Crippen LogP contribution in [0.1, 0.15) is 44.2 Å². The Morgan fingerprint density at radius 2 is 1.88 bits per heavy atom. The number of aliphatic imine (C=N–C) groups is 1. The quantitative estimate of drug-likeness (QED) is 0.666. The van der Waals surface area contributed by atoms with E-state index in [1.54, 1.807) is 0 Å². The van der Waals surface area contributed by atoms with Crippen molar-refractivity contribution >= 4 is 5.96 Å². The summed E-state index contributed by atoms with van der Waals surface area (Å²) in [5, 5.41) is 3.48. The lowest BCUT2D eigenvalue weighted by atomic mass is 9.98. The zero-order valence-corrected chi connectivity index (χ0v) is 15.3. The van der Waals surface area contributed by atoms with Crippen LogP contribution in [0.25, 0.3) is 0 Å². The minimum absolute atomic E-state index is 0.537. The molecule has 2 aliphatic heterocycles. The summed E-state index contributed by atoms with van der Waals surface area (Å²) in [5.74, 6) is 1.12. The fourth-order valence-corrected chi connectivity index (χ4v) is 3.88. The standard InChI is InChI=1S/C20H32N4/c1-3-19(15-22-20(21-4-2)23-12-7-8-13-23)24-14-11-17-9-5-6-10-18(17)16-24/h5-6,9-10,19H,3-4,7-8,11-16H2,1-2H3,(H,21,22). The van der Waals surface area contributed by atoms with E-state index in [9.17, 15) is 0 Å². The molecule has 132 valence electrons. The molecule has 2 aliphatic rings. The summed E-state index contributed by atoms with van der Waals surface area (Å²) in [5.41, 5.74) is 3.02. The number of benzene rings is 1. The first kappa shape index (κ1) is 17.3. The van der Waals surface area contributed by atoms with Gasteiger partial charge in [-0.05, 0) is 43.7 Å². The molecule has 0 saturated carbocycles. The second-order valence-corrected chi connectivity index (χ2v) is 6.94. The fraction of sp³-hybridized carbons (Fsp3) is 0.650. The molecule has 2 heterocycles. The average molecular weight is 329 g/mol. The molecule has 0 aliphatic carbocycles. The second kappa shape index (κ2) is 8.52. The zero-order chi connectivity index (χ0) is 16.8. The Labute approximate surface area is 146 Å². The van der Waals surface area contributed by atoms with Gasteiger partial charge in [-0.15, -0.1) is 0 Å². The van der Waals surface area contributed by atoms with Gasteiger partial charge in [0.05, 0.1) is 6.54 Å². The Bertz CT molecular complexity index is 548. The minimum atomic E-state index is 0.537. The van der Waals surface area contributed by atoms with E-state index in [0.717, 1.165) is 51.6 Å². The highest BCUT2D eigenvalue weighted by atomic mass is 15.3. The van der Waals surface area contributed by atoms with Gasteiger partial charge in [0.25, 0.3) is 0 Å². The fourth-order valence-electron chi connectivity index (χ4n) is 3.88. The van der Waals surface area contributed by atoms with Crippen molar-refractivity contribution < 1.29 is 0 Å². The molecule has 1 fully saturated rings. The lowest BCUT2D eigenvalue weighted by Crippen LogP contribution is -2.43. The summed E-state index contributed by atoms with van der Waals surface area (Å²) in [6.07, 6.45) is 4.92. The van der Waals surface area contributed by atoms with Crippen molar-refractivity contribution in [3.63, 3.8) is 0 Å². The molecular weight excluding hydrogens is 296 g/mol. The zero-order valence-electron chi connectivity index (χ0n) is 15.3. The molecule has 0 aromatic heterocycles. The molecule has 0 spiro atoms. The van der Waals surface area contributed by atoms with Gasteiger partial charge in [0, 0.05) is 38.8 Å². The smallest absolute Gasteiger partial charge is 0.193 e.